The van der Waals surface area contributed by atoms with Crippen LogP contribution >= 0.6 is 0 Å². The SMILES string of the molecule is COc1cc(C(=O)CCO)c(OC)cc1C. The smallest absolute Gasteiger partial charge is 0.169 e. The Balaban J connectivity index is 3.19. The van der Waals surface area contributed by atoms with Gasteiger partial charge in [0.1, 0.15) is 11.5 Å². The zero-order chi connectivity index (χ0) is 12.1. The van der Waals surface area contributed by atoms with Crippen molar-refractivity contribution in [3.05, 3.63) is 23.3 Å². The Bertz CT molecular complexity index is 385. The number of Topliss-reactive ketones (excluding diaryl/α,β-unsaturated/α-hetero) is 1. The Kier molecular flexibility index (Phi) is 4.31. The Labute approximate surface area is 94.8 Å². The standard InChI is InChI=1S/C12H16O4/c1-8-6-12(16-3)9(7-11(8)15-2)10(14)4-5-13/h6-7,13H,4-5H2,1-3H3. The van der Waals surface area contributed by atoms with Gasteiger partial charge in [-0.1, -0.05) is 0 Å². The van der Waals surface area contributed by atoms with Crippen LogP contribution in [0.3, 0.4) is 0 Å². The summed E-state index contributed by atoms with van der Waals surface area (Å²) < 4.78 is 10.3. The van der Waals surface area contributed by atoms with Crippen LogP contribution in [0.4, 0.5) is 0 Å². The van der Waals surface area contributed by atoms with Gasteiger partial charge < -0.3 is 14.6 Å². The molecule has 0 saturated carbocycles. The zero-order valence-electron chi connectivity index (χ0n) is 9.74. The van der Waals surface area contributed by atoms with Crippen molar-refractivity contribution in [2.24, 2.45) is 0 Å². The number of ether oxygens (including phenoxy) is 2. The van der Waals surface area contributed by atoms with E-state index in [-0.39, 0.29) is 18.8 Å². The molecule has 0 radical (unpaired) electrons. The number of hydrogen-bond donors (Lipinski definition) is 1. The number of aryl methyl sites for hydroxylation is 1. The van der Waals surface area contributed by atoms with Crippen LogP contribution in [0.25, 0.3) is 0 Å². The molecule has 4 nitrogen and oxygen atoms in total. The largest absolute Gasteiger partial charge is 0.496 e. The normalized spacial score (nSPS) is 10.0. The second-order valence-corrected chi connectivity index (χ2v) is 3.42. The highest BCUT2D eigenvalue weighted by Crippen LogP contribution is 2.28. The van der Waals surface area contributed by atoms with Gasteiger partial charge in [-0.25, -0.2) is 0 Å². The van der Waals surface area contributed by atoms with Crippen molar-refractivity contribution in [3.63, 3.8) is 0 Å². The molecule has 0 bridgehead atoms. The molecule has 0 heterocycles. The van der Waals surface area contributed by atoms with E-state index in [2.05, 4.69) is 0 Å². The van der Waals surface area contributed by atoms with Crippen molar-refractivity contribution < 1.29 is 19.4 Å². The maximum absolute atomic E-state index is 11.7. The van der Waals surface area contributed by atoms with E-state index in [1.165, 1.54) is 7.11 Å². The highest BCUT2D eigenvalue weighted by Gasteiger charge is 2.14. The Morgan fingerprint density at radius 1 is 1.25 bits per heavy atom. The van der Waals surface area contributed by atoms with Crippen molar-refractivity contribution in [3.8, 4) is 11.5 Å². The fraction of sp³-hybridized carbons (Fsp3) is 0.417. The lowest BCUT2D eigenvalue weighted by Crippen LogP contribution is -2.05. The number of hydrogen-bond acceptors (Lipinski definition) is 4. The molecule has 0 saturated heterocycles. The molecule has 0 aliphatic heterocycles. The molecule has 0 aliphatic carbocycles. The van der Waals surface area contributed by atoms with E-state index in [4.69, 9.17) is 14.6 Å². The average Bonchev–Trinajstić information content (AvgIpc) is 2.28. The summed E-state index contributed by atoms with van der Waals surface area (Å²) in [6.07, 6.45) is 0.0859. The zero-order valence-corrected chi connectivity index (χ0v) is 9.74. The first-order chi connectivity index (χ1) is 7.63. The first-order valence-corrected chi connectivity index (χ1v) is 5.00. The molecule has 1 aromatic carbocycles. The summed E-state index contributed by atoms with van der Waals surface area (Å²) in [5, 5.41) is 8.75. The summed E-state index contributed by atoms with van der Waals surface area (Å²) in [6.45, 7) is 1.71. The predicted octanol–water partition coefficient (Wildman–Crippen LogP) is 1.58. The lowest BCUT2D eigenvalue weighted by molar-refractivity contribution is 0.0953. The molecule has 0 atom stereocenters. The third-order valence-electron chi connectivity index (χ3n) is 2.36. The first-order valence-electron chi connectivity index (χ1n) is 5.00. The predicted molar refractivity (Wildman–Crippen MR) is 60.3 cm³/mol. The fourth-order valence-corrected chi connectivity index (χ4v) is 1.50. The molecule has 0 spiro atoms. The molecule has 0 amide bonds. The Morgan fingerprint density at radius 2 is 1.88 bits per heavy atom. The third kappa shape index (κ3) is 2.52. The van der Waals surface area contributed by atoms with Gasteiger partial charge in [-0.3, -0.25) is 4.79 Å². The number of methoxy groups -OCH3 is 2. The second kappa shape index (κ2) is 5.51. The van der Waals surface area contributed by atoms with E-state index in [0.717, 1.165) is 5.56 Å². The van der Waals surface area contributed by atoms with Gasteiger partial charge in [0, 0.05) is 6.42 Å². The van der Waals surface area contributed by atoms with Crippen molar-refractivity contribution in [1.29, 1.82) is 0 Å². The molecular formula is C12H16O4. The molecule has 1 aromatic rings. The van der Waals surface area contributed by atoms with Gasteiger partial charge in [-0.2, -0.15) is 0 Å². The first kappa shape index (κ1) is 12.5. The van der Waals surface area contributed by atoms with E-state index < -0.39 is 0 Å². The van der Waals surface area contributed by atoms with Gasteiger partial charge in [-0.05, 0) is 24.6 Å². The van der Waals surface area contributed by atoms with Crippen LogP contribution in [0.1, 0.15) is 22.3 Å². The van der Waals surface area contributed by atoms with Crippen molar-refractivity contribution >= 4 is 5.78 Å². The maximum Gasteiger partial charge on any atom is 0.169 e. The topological polar surface area (TPSA) is 55.8 Å². The van der Waals surface area contributed by atoms with Crippen LogP contribution in [0, 0.1) is 6.92 Å². The molecule has 88 valence electrons. The van der Waals surface area contributed by atoms with Crippen LogP contribution in [0.2, 0.25) is 0 Å². The lowest BCUT2D eigenvalue weighted by Gasteiger charge is -2.11. The molecule has 0 unspecified atom stereocenters. The number of aliphatic hydroxyl groups excluding tert-OH is 1. The average molecular weight is 224 g/mol. The number of ketones is 1. The molecule has 0 aromatic heterocycles. The number of aliphatic hydroxyl groups is 1. The third-order valence-corrected chi connectivity index (χ3v) is 2.36. The maximum atomic E-state index is 11.7. The molecule has 0 aliphatic rings. The molecule has 1 rings (SSSR count). The number of carbonyl (C=O) groups is 1. The number of benzene rings is 1. The van der Waals surface area contributed by atoms with Gasteiger partial charge in [0.05, 0.1) is 26.4 Å². The Morgan fingerprint density at radius 3 is 2.38 bits per heavy atom. The number of carbonyl (C=O) groups excluding carboxylic acids is 1. The Hall–Kier alpha value is -1.55. The molecule has 16 heavy (non-hydrogen) atoms. The summed E-state index contributed by atoms with van der Waals surface area (Å²) in [6, 6.07) is 3.40. The number of rotatable bonds is 5. The van der Waals surface area contributed by atoms with Crippen LogP contribution < -0.4 is 9.47 Å². The molecular weight excluding hydrogens is 208 g/mol. The van der Waals surface area contributed by atoms with E-state index in [1.54, 1.807) is 19.2 Å². The highest BCUT2D eigenvalue weighted by molar-refractivity contribution is 5.99. The molecule has 1 N–H and O–H groups in total. The summed E-state index contributed by atoms with van der Waals surface area (Å²) >= 11 is 0. The van der Waals surface area contributed by atoms with E-state index in [0.29, 0.717) is 17.1 Å². The van der Waals surface area contributed by atoms with Crippen LogP contribution in [-0.2, 0) is 0 Å². The highest BCUT2D eigenvalue weighted by atomic mass is 16.5. The van der Waals surface area contributed by atoms with Crippen molar-refractivity contribution in [2.45, 2.75) is 13.3 Å². The van der Waals surface area contributed by atoms with E-state index in [9.17, 15) is 4.79 Å². The molecule has 4 heteroatoms. The van der Waals surface area contributed by atoms with Gasteiger partial charge in [-0.15, -0.1) is 0 Å². The van der Waals surface area contributed by atoms with Gasteiger partial charge in [0.15, 0.2) is 5.78 Å². The summed E-state index contributed by atoms with van der Waals surface area (Å²) in [4.78, 5) is 11.7. The monoisotopic (exact) mass is 224 g/mol. The summed E-state index contributed by atoms with van der Waals surface area (Å²) in [5.41, 5.74) is 1.35. The van der Waals surface area contributed by atoms with Gasteiger partial charge in [0.2, 0.25) is 0 Å². The van der Waals surface area contributed by atoms with Crippen LogP contribution in [-0.4, -0.2) is 31.7 Å². The lowest BCUT2D eigenvalue weighted by atomic mass is 10.0. The van der Waals surface area contributed by atoms with Gasteiger partial charge in [0.25, 0.3) is 0 Å². The van der Waals surface area contributed by atoms with E-state index >= 15 is 0 Å². The quantitative estimate of drug-likeness (QED) is 0.771. The van der Waals surface area contributed by atoms with Crippen molar-refractivity contribution in [1.82, 2.24) is 0 Å². The minimum absolute atomic E-state index is 0.0859. The second-order valence-electron chi connectivity index (χ2n) is 3.42. The fourth-order valence-electron chi connectivity index (χ4n) is 1.50. The summed E-state index contributed by atoms with van der Waals surface area (Å²) in [7, 11) is 3.06. The minimum Gasteiger partial charge on any atom is -0.496 e. The minimum atomic E-state index is -0.168. The van der Waals surface area contributed by atoms with Crippen molar-refractivity contribution in [2.75, 3.05) is 20.8 Å². The van der Waals surface area contributed by atoms with Gasteiger partial charge >= 0.3 is 0 Å². The molecule has 0 fully saturated rings. The van der Waals surface area contributed by atoms with E-state index in [1.807, 2.05) is 6.92 Å². The summed E-state index contributed by atoms with van der Waals surface area (Å²) in [5.74, 6) is 0.997. The van der Waals surface area contributed by atoms with Crippen LogP contribution in [0.15, 0.2) is 12.1 Å². The van der Waals surface area contributed by atoms with Crippen LogP contribution in [0.5, 0.6) is 11.5 Å².